The molecule has 4 heterocycles. The highest BCUT2D eigenvalue weighted by Gasteiger charge is 2.26. The summed E-state index contributed by atoms with van der Waals surface area (Å²) in [5, 5.41) is 7.83. The van der Waals surface area contributed by atoms with Crippen LogP contribution in [0.5, 0.6) is 5.88 Å². The number of nitrogens with zero attached hydrogens (tertiary/aromatic N) is 5. The Morgan fingerprint density at radius 1 is 1.12 bits per heavy atom. The number of ether oxygens (including phenoxy) is 1. The molecule has 7 nitrogen and oxygen atoms in total. The Balaban J connectivity index is 1.57. The molecule has 3 aromatic rings. The van der Waals surface area contributed by atoms with E-state index < -0.39 is 0 Å². The van der Waals surface area contributed by atoms with Crippen LogP contribution in [0.4, 0.5) is 5.82 Å². The van der Waals surface area contributed by atoms with Gasteiger partial charge in [-0.15, -0.1) is 0 Å². The number of pyridine rings is 1. The maximum Gasteiger partial charge on any atom is 0.221 e. The predicted molar refractivity (Wildman–Crippen MR) is 95.0 cm³/mol. The van der Waals surface area contributed by atoms with Crippen LogP contribution in [-0.2, 0) is 0 Å². The topological polar surface area (TPSA) is 67.6 Å². The molecule has 0 bridgehead atoms. The first-order chi connectivity index (χ1) is 12.4. The molecule has 25 heavy (non-hydrogen) atoms. The van der Waals surface area contributed by atoms with Crippen molar-refractivity contribution in [1.82, 2.24) is 24.9 Å². The molecule has 1 saturated heterocycles. The normalized spacial score (nSPS) is 17.8. The quantitative estimate of drug-likeness (QED) is 0.783. The first-order valence-electron chi connectivity index (χ1n) is 8.80. The van der Waals surface area contributed by atoms with Gasteiger partial charge in [0.15, 0.2) is 5.65 Å². The summed E-state index contributed by atoms with van der Waals surface area (Å²) in [5.74, 6) is 1.67. The fraction of sp³-hybridized carbons (Fsp3) is 0.389. The number of fused-ring (bicyclic) bond motifs is 1. The molecule has 0 spiro atoms. The van der Waals surface area contributed by atoms with Crippen LogP contribution < -0.4 is 15.0 Å². The van der Waals surface area contributed by atoms with E-state index in [-0.39, 0.29) is 0 Å². The van der Waals surface area contributed by atoms with Gasteiger partial charge in [-0.05, 0) is 31.0 Å². The SMILES string of the molecule is c1cnc(OC2CC2)c(-c2cnn3ccc(N4CCNCC4)nc23)c1. The standard InChI is InChI=1S/C18H20N6O/c1-2-14(18(20-6-1)25-13-3-4-13)15-12-21-24-9-5-16(22-17(15)24)23-10-7-19-8-11-23/h1-2,5-6,9,12-13,19H,3-4,7-8,10-11H2. The van der Waals surface area contributed by atoms with Gasteiger partial charge in [-0.2, -0.15) is 5.10 Å². The van der Waals surface area contributed by atoms with Gasteiger partial charge in [0.05, 0.1) is 11.8 Å². The van der Waals surface area contributed by atoms with E-state index in [1.54, 1.807) is 6.20 Å². The van der Waals surface area contributed by atoms with Crippen molar-refractivity contribution in [2.75, 3.05) is 31.1 Å². The van der Waals surface area contributed by atoms with Gasteiger partial charge in [0.1, 0.15) is 11.9 Å². The first kappa shape index (κ1) is 14.7. The van der Waals surface area contributed by atoms with Gasteiger partial charge < -0.3 is 15.0 Å². The van der Waals surface area contributed by atoms with E-state index in [1.165, 1.54) is 0 Å². The number of nitrogens with one attached hydrogen (secondary N) is 1. The molecule has 0 aromatic carbocycles. The van der Waals surface area contributed by atoms with Gasteiger partial charge in [0, 0.05) is 44.1 Å². The molecule has 7 heteroatoms. The van der Waals surface area contributed by atoms with Crippen molar-refractivity contribution in [3.63, 3.8) is 0 Å². The van der Waals surface area contributed by atoms with Gasteiger partial charge in [0.25, 0.3) is 0 Å². The second-order valence-electron chi connectivity index (χ2n) is 6.52. The summed E-state index contributed by atoms with van der Waals surface area (Å²) in [5.41, 5.74) is 2.75. The summed E-state index contributed by atoms with van der Waals surface area (Å²) in [4.78, 5) is 11.6. The van der Waals surface area contributed by atoms with E-state index in [0.29, 0.717) is 12.0 Å². The van der Waals surface area contributed by atoms with Gasteiger partial charge in [-0.1, -0.05) is 0 Å². The molecule has 0 atom stereocenters. The third-order valence-electron chi connectivity index (χ3n) is 4.66. The number of anilines is 1. The monoisotopic (exact) mass is 336 g/mol. The summed E-state index contributed by atoms with van der Waals surface area (Å²) >= 11 is 0. The van der Waals surface area contributed by atoms with Crippen molar-refractivity contribution in [3.8, 4) is 17.0 Å². The molecule has 1 aliphatic carbocycles. The van der Waals surface area contributed by atoms with E-state index in [1.807, 2.05) is 35.1 Å². The summed E-state index contributed by atoms with van der Waals surface area (Å²) in [6.45, 7) is 3.91. The van der Waals surface area contributed by atoms with Crippen molar-refractivity contribution in [3.05, 3.63) is 36.8 Å². The Kier molecular flexibility index (Phi) is 3.52. The number of aromatic nitrogens is 4. The van der Waals surface area contributed by atoms with Crippen LogP contribution in [0, 0.1) is 0 Å². The Morgan fingerprint density at radius 3 is 2.84 bits per heavy atom. The van der Waals surface area contributed by atoms with Crippen molar-refractivity contribution in [1.29, 1.82) is 0 Å². The van der Waals surface area contributed by atoms with Gasteiger partial charge in [0.2, 0.25) is 5.88 Å². The molecular formula is C18H20N6O. The summed E-state index contributed by atoms with van der Waals surface area (Å²) < 4.78 is 7.80. The van der Waals surface area contributed by atoms with E-state index in [2.05, 4.69) is 20.3 Å². The van der Waals surface area contributed by atoms with E-state index in [0.717, 1.165) is 61.6 Å². The van der Waals surface area contributed by atoms with Crippen LogP contribution in [0.1, 0.15) is 12.8 Å². The minimum absolute atomic E-state index is 0.305. The second-order valence-corrected chi connectivity index (χ2v) is 6.52. The van der Waals surface area contributed by atoms with Crippen LogP contribution in [0.25, 0.3) is 16.8 Å². The average molecular weight is 336 g/mol. The molecule has 2 fully saturated rings. The Bertz CT molecular complexity index is 897. The highest BCUT2D eigenvalue weighted by atomic mass is 16.5. The Hall–Kier alpha value is -2.67. The molecule has 0 unspecified atom stereocenters. The van der Waals surface area contributed by atoms with Crippen molar-refractivity contribution in [2.45, 2.75) is 18.9 Å². The fourth-order valence-corrected chi connectivity index (χ4v) is 3.15. The van der Waals surface area contributed by atoms with Crippen LogP contribution in [0.2, 0.25) is 0 Å². The third-order valence-corrected chi connectivity index (χ3v) is 4.66. The minimum atomic E-state index is 0.305. The molecule has 0 radical (unpaired) electrons. The maximum absolute atomic E-state index is 5.98. The average Bonchev–Trinajstić information content (AvgIpc) is 3.39. The maximum atomic E-state index is 5.98. The second kappa shape index (κ2) is 6.00. The van der Waals surface area contributed by atoms with E-state index in [9.17, 15) is 0 Å². The molecule has 128 valence electrons. The molecule has 2 aliphatic rings. The number of piperazine rings is 1. The number of rotatable bonds is 4. The summed E-state index contributed by atoms with van der Waals surface area (Å²) in [6, 6.07) is 5.99. The number of hydrogen-bond donors (Lipinski definition) is 1. The molecular weight excluding hydrogens is 316 g/mol. The lowest BCUT2D eigenvalue weighted by molar-refractivity contribution is 0.292. The van der Waals surface area contributed by atoms with Crippen molar-refractivity contribution >= 4 is 11.5 Å². The van der Waals surface area contributed by atoms with Crippen LogP contribution in [-0.4, -0.2) is 51.9 Å². The van der Waals surface area contributed by atoms with Crippen LogP contribution in [0.15, 0.2) is 36.8 Å². The highest BCUT2D eigenvalue weighted by molar-refractivity contribution is 5.80. The van der Waals surface area contributed by atoms with Crippen molar-refractivity contribution < 1.29 is 4.74 Å². The van der Waals surface area contributed by atoms with Gasteiger partial charge in [-0.3, -0.25) is 0 Å². The molecule has 1 N–H and O–H groups in total. The largest absolute Gasteiger partial charge is 0.474 e. The molecule has 0 amide bonds. The molecule has 5 rings (SSSR count). The molecule has 3 aromatic heterocycles. The minimum Gasteiger partial charge on any atom is -0.474 e. The Morgan fingerprint density at radius 2 is 2.00 bits per heavy atom. The lowest BCUT2D eigenvalue weighted by Gasteiger charge is -2.28. The summed E-state index contributed by atoms with van der Waals surface area (Å²) in [6.07, 6.45) is 8.11. The van der Waals surface area contributed by atoms with Gasteiger partial charge >= 0.3 is 0 Å². The first-order valence-corrected chi connectivity index (χ1v) is 8.80. The smallest absolute Gasteiger partial charge is 0.221 e. The number of hydrogen-bond acceptors (Lipinski definition) is 6. The van der Waals surface area contributed by atoms with Gasteiger partial charge in [-0.25, -0.2) is 14.5 Å². The zero-order chi connectivity index (χ0) is 16.6. The van der Waals surface area contributed by atoms with Crippen molar-refractivity contribution in [2.24, 2.45) is 0 Å². The third kappa shape index (κ3) is 2.80. The predicted octanol–water partition coefficient (Wildman–Crippen LogP) is 1.74. The van der Waals surface area contributed by atoms with Crippen LogP contribution >= 0.6 is 0 Å². The van der Waals surface area contributed by atoms with E-state index >= 15 is 0 Å². The summed E-state index contributed by atoms with van der Waals surface area (Å²) in [7, 11) is 0. The lowest BCUT2D eigenvalue weighted by atomic mass is 10.1. The van der Waals surface area contributed by atoms with E-state index in [4.69, 9.17) is 9.72 Å². The zero-order valence-corrected chi connectivity index (χ0v) is 13.9. The lowest BCUT2D eigenvalue weighted by Crippen LogP contribution is -2.43. The Labute approximate surface area is 145 Å². The zero-order valence-electron chi connectivity index (χ0n) is 13.9. The molecule has 1 aliphatic heterocycles. The fourth-order valence-electron chi connectivity index (χ4n) is 3.15. The van der Waals surface area contributed by atoms with Crippen LogP contribution in [0.3, 0.4) is 0 Å². The molecule has 1 saturated carbocycles. The highest BCUT2D eigenvalue weighted by Crippen LogP contribution is 2.34.